The van der Waals surface area contributed by atoms with E-state index in [1.165, 1.54) is 0 Å². The van der Waals surface area contributed by atoms with Gasteiger partial charge in [-0.1, -0.05) is 41.5 Å². The van der Waals surface area contributed by atoms with E-state index in [1.54, 1.807) is 11.1 Å². The van der Waals surface area contributed by atoms with Crippen LogP contribution in [0.25, 0.3) is 0 Å². The van der Waals surface area contributed by atoms with Gasteiger partial charge in [0, 0.05) is 6.42 Å². The van der Waals surface area contributed by atoms with Crippen molar-refractivity contribution in [3.8, 4) is 0 Å². The van der Waals surface area contributed by atoms with Gasteiger partial charge in [0.25, 0.3) is 0 Å². The van der Waals surface area contributed by atoms with Crippen LogP contribution in [0.3, 0.4) is 0 Å². The Kier molecular flexibility index (Phi) is 4.54. The highest BCUT2D eigenvalue weighted by molar-refractivity contribution is 5.83. The number of ether oxygens (including phenoxy) is 1. The van der Waals surface area contributed by atoms with Crippen molar-refractivity contribution >= 4 is 5.78 Å². The molecule has 2 nitrogen and oxygen atoms in total. The number of Topliss-reactive ketones (excluding diaryl/α,β-unsaturated/α-hetero) is 1. The van der Waals surface area contributed by atoms with Crippen molar-refractivity contribution in [2.45, 2.75) is 58.2 Å². The molecule has 2 aliphatic rings. The predicted octanol–water partition coefficient (Wildman–Crippen LogP) is 4.44. The zero-order valence-corrected chi connectivity index (χ0v) is 12.8. The molecule has 3 rings (SSSR count). The molecule has 0 aliphatic heterocycles. The van der Waals surface area contributed by atoms with E-state index in [9.17, 15) is 4.79 Å². The van der Waals surface area contributed by atoms with Crippen LogP contribution >= 0.6 is 0 Å². The van der Waals surface area contributed by atoms with E-state index < -0.39 is 0 Å². The molecule has 0 spiro atoms. The molecule has 2 atom stereocenters. The Hall–Kier alpha value is -1.41. The van der Waals surface area contributed by atoms with Gasteiger partial charge in [0.05, 0.1) is 6.61 Å². The molecule has 2 aliphatic carbocycles. The van der Waals surface area contributed by atoms with Crippen molar-refractivity contribution in [2.75, 3.05) is 0 Å². The van der Waals surface area contributed by atoms with Crippen molar-refractivity contribution in [2.24, 2.45) is 5.92 Å². The molecule has 112 valence electrons. The zero-order chi connectivity index (χ0) is 14.7. The standard InChI is InChI=1S/C19H24O2/c1-14-10-11-17-12-16(14)8-5-9-18(20)19(17)21-13-15-6-3-2-4-7-15/h2-4,6-7,17,19H,5,8-13H2,1H3/t17-,19-/m0/s1. The number of benzene rings is 1. The predicted molar refractivity (Wildman–Crippen MR) is 83.9 cm³/mol. The maximum absolute atomic E-state index is 12.4. The summed E-state index contributed by atoms with van der Waals surface area (Å²) in [6.07, 6.45) is 5.87. The molecule has 1 fully saturated rings. The van der Waals surface area contributed by atoms with Crippen LogP contribution in [0.15, 0.2) is 41.5 Å². The van der Waals surface area contributed by atoms with E-state index in [2.05, 4.69) is 19.1 Å². The third kappa shape index (κ3) is 3.44. The first kappa shape index (κ1) is 14.5. The summed E-state index contributed by atoms with van der Waals surface area (Å²) in [5.41, 5.74) is 4.30. The second kappa shape index (κ2) is 6.57. The first-order chi connectivity index (χ1) is 10.2. The second-order valence-electron chi connectivity index (χ2n) is 6.42. The third-order valence-corrected chi connectivity index (χ3v) is 4.92. The summed E-state index contributed by atoms with van der Waals surface area (Å²) in [4.78, 5) is 12.4. The summed E-state index contributed by atoms with van der Waals surface area (Å²) in [5.74, 6) is 0.703. The third-order valence-electron chi connectivity index (χ3n) is 4.92. The Bertz CT molecular complexity index is 530. The fourth-order valence-corrected chi connectivity index (χ4v) is 3.62. The van der Waals surface area contributed by atoms with Crippen LogP contribution in [0.5, 0.6) is 0 Å². The molecular formula is C19H24O2. The topological polar surface area (TPSA) is 26.3 Å². The van der Waals surface area contributed by atoms with Gasteiger partial charge in [0.15, 0.2) is 5.78 Å². The Labute approximate surface area is 127 Å². The maximum Gasteiger partial charge on any atom is 0.161 e. The van der Waals surface area contributed by atoms with Gasteiger partial charge in [-0.25, -0.2) is 0 Å². The normalized spacial score (nSPS) is 26.4. The fourth-order valence-electron chi connectivity index (χ4n) is 3.62. The van der Waals surface area contributed by atoms with E-state index >= 15 is 0 Å². The highest BCUT2D eigenvalue weighted by atomic mass is 16.5. The molecule has 2 heteroatoms. The molecule has 0 amide bonds. The molecule has 0 unspecified atom stereocenters. The van der Waals surface area contributed by atoms with Crippen LogP contribution in [0.1, 0.15) is 51.0 Å². The number of carbonyl (C=O) groups excluding carboxylic acids is 1. The molecule has 1 aromatic carbocycles. The van der Waals surface area contributed by atoms with Gasteiger partial charge in [0.1, 0.15) is 6.10 Å². The minimum absolute atomic E-state index is 0.200. The van der Waals surface area contributed by atoms with Crippen LogP contribution in [-0.4, -0.2) is 11.9 Å². The Balaban J connectivity index is 1.71. The Morgan fingerprint density at radius 3 is 2.76 bits per heavy atom. The van der Waals surface area contributed by atoms with Gasteiger partial charge in [-0.2, -0.15) is 0 Å². The highest BCUT2D eigenvalue weighted by Gasteiger charge is 2.33. The molecule has 0 saturated heterocycles. The van der Waals surface area contributed by atoms with Gasteiger partial charge >= 0.3 is 0 Å². The molecule has 2 bridgehead atoms. The lowest BCUT2D eigenvalue weighted by molar-refractivity contribution is -0.136. The van der Waals surface area contributed by atoms with Crippen LogP contribution in [-0.2, 0) is 16.1 Å². The van der Waals surface area contributed by atoms with Crippen molar-refractivity contribution in [1.82, 2.24) is 0 Å². The minimum atomic E-state index is -0.200. The van der Waals surface area contributed by atoms with E-state index in [0.29, 0.717) is 24.7 Å². The lowest BCUT2D eigenvalue weighted by atomic mass is 9.76. The SMILES string of the molecule is CC1=C2CCCC(=O)[C@@H](OCc3ccccc3)[C@@H](CC1)C2. The number of rotatable bonds is 3. The molecule has 1 aromatic rings. The number of hydrogen-bond acceptors (Lipinski definition) is 2. The molecule has 0 radical (unpaired) electrons. The summed E-state index contributed by atoms with van der Waals surface area (Å²) in [6.45, 7) is 2.81. The average Bonchev–Trinajstić information content (AvgIpc) is 2.50. The van der Waals surface area contributed by atoms with Crippen molar-refractivity contribution < 1.29 is 9.53 Å². The van der Waals surface area contributed by atoms with E-state index in [1.807, 2.05) is 18.2 Å². The summed E-state index contributed by atoms with van der Waals surface area (Å²) in [5, 5.41) is 0. The van der Waals surface area contributed by atoms with Crippen LogP contribution in [0.4, 0.5) is 0 Å². The van der Waals surface area contributed by atoms with Gasteiger partial charge in [0.2, 0.25) is 0 Å². The Morgan fingerprint density at radius 2 is 1.95 bits per heavy atom. The number of fused-ring (bicyclic) bond motifs is 2. The smallest absolute Gasteiger partial charge is 0.161 e. The maximum atomic E-state index is 12.4. The van der Waals surface area contributed by atoms with Crippen molar-refractivity contribution in [1.29, 1.82) is 0 Å². The highest BCUT2D eigenvalue weighted by Crippen LogP contribution is 2.37. The molecule has 0 aromatic heterocycles. The van der Waals surface area contributed by atoms with E-state index in [-0.39, 0.29) is 6.10 Å². The van der Waals surface area contributed by atoms with Crippen molar-refractivity contribution in [3.63, 3.8) is 0 Å². The Morgan fingerprint density at radius 1 is 1.14 bits per heavy atom. The summed E-state index contributed by atoms with van der Waals surface area (Å²) in [7, 11) is 0. The summed E-state index contributed by atoms with van der Waals surface area (Å²) in [6, 6.07) is 10.2. The number of hydrogen-bond donors (Lipinski definition) is 0. The van der Waals surface area contributed by atoms with E-state index in [4.69, 9.17) is 4.74 Å². The second-order valence-corrected chi connectivity index (χ2v) is 6.42. The summed E-state index contributed by atoms with van der Waals surface area (Å²) < 4.78 is 6.07. The minimum Gasteiger partial charge on any atom is -0.365 e. The van der Waals surface area contributed by atoms with Gasteiger partial charge in [-0.05, 0) is 50.5 Å². The first-order valence-corrected chi connectivity index (χ1v) is 8.10. The molecule has 21 heavy (non-hydrogen) atoms. The lowest BCUT2D eigenvalue weighted by Gasteiger charge is -2.33. The lowest BCUT2D eigenvalue weighted by Crippen LogP contribution is -2.35. The summed E-state index contributed by atoms with van der Waals surface area (Å²) >= 11 is 0. The fraction of sp³-hybridized carbons (Fsp3) is 0.526. The van der Waals surface area contributed by atoms with Gasteiger partial charge < -0.3 is 4.74 Å². The number of allylic oxidation sites excluding steroid dienone is 2. The van der Waals surface area contributed by atoms with Crippen LogP contribution < -0.4 is 0 Å². The monoisotopic (exact) mass is 284 g/mol. The molecular weight excluding hydrogens is 260 g/mol. The van der Waals surface area contributed by atoms with Crippen LogP contribution in [0, 0.1) is 5.92 Å². The van der Waals surface area contributed by atoms with Gasteiger partial charge in [-0.15, -0.1) is 0 Å². The molecule has 1 saturated carbocycles. The van der Waals surface area contributed by atoms with Crippen molar-refractivity contribution in [3.05, 3.63) is 47.0 Å². The number of carbonyl (C=O) groups is 1. The average molecular weight is 284 g/mol. The van der Waals surface area contributed by atoms with E-state index in [0.717, 1.165) is 37.7 Å². The van der Waals surface area contributed by atoms with Gasteiger partial charge in [-0.3, -0.25) is 4.79 Å². The quantitative estimate of drug-likeness (QED) is 0.767. The van der Waals surface area contributed by atoms with Crippen LogP contribution in [0.2, 0.25) is 0 Å². The zero-order valence-electron chi connectivity index (χ0n) is 12.8. The largest absolute Gasteiger partial charge is 0.365 e. The number of ketones is 1. The molecule has 0 heterocycles. The first-order valence-electron chi connectivity index (χ1n) is 8.10. The molecule has 0 N–H and O–H groups in total.